The Hall–Kier alpha value is -1.18. The third-order valence-corrected chi connectivity index (χ3v) is 6.13. The summed E-state index contributed by atoms with van der Waals surface area (Å²) in [5.74, 6) is 0. The monoisotopic (exact) mass is 296 g/mol. The predicted molar refractivity (Wildman–Crippen MR) is 76.6 cm³/mol. The van der Waals surface area contributed by atoms with Crippen LogP contribution in [-0.4, -0.2) is 54.8 Å². The van der Waals surface area contributed by atoms with Crippen LogP contribution in [0.2, 0.25) is 0 Å². The van der Waals surface area contributed by atoms with Crippen molar-refractivity contribution in [1.29, 1.82) is 0 Å². The van der Waals surface area contributed by atoms with Crippen LogP contribution in [-0.2, 0) is 10.0 Å². The molecule has 6 nitrogen and oxygen atoms in total. The van der Waals surface area contributed by atoms with E-state index in [0.29, 0.717) is 19.1 Å². The third kappa shape index (κ3) is 2.41. The SMILES string of the molecule is Nc1ccncc1S(=O)(=O)N1CCC(N2CCCC2)C1. The van der Waals surface area contributed by atoms with E-state index in [1.165, 1.54) is 31.3 Å². The fourth-order valence-electron chi connectivity index (χ4n) is 3.08. The minimum absolute atomic E-state index is 0.127. The van der Waals surface area contributed by atoms with Crippen molar-refractivity contribution in [2.75, 3.05) is 31.9 Å². The van der Waals surface area contributed by atoms with Crippen molar-refractivity contribution in [2.45, 2.75) is 30.2 Å². The molecule has 0 saturated carbocycles. The van der Waals surface area contributed by atoms with Crippen LogP contribution in [0.5, 0.6) is 0 Å². The first-order valence-electron chi connectivity index (χ1n) is 7.03. The molecule has 1 aromatic rings. The van der Waals surface area contributed by atoms with Crippen molar-refractivity contribution in [3.63, 3.8) is 0 Å². The highest BCUT2D eigenvalue weighted by atomic mass is 32.2. The molecule has 3 rings (SSSR count). The van der Waals surface area contributed by atoms with E-state index in [2.05, 4.69) is 9.88 Å². The van der Waals surface area contributed by atoms with Gasteiger partial charge in [0.1, 0.15) is 4.90 Å². The zero-order valence-electron chi connectivity index (χ0n) is 11.4. The second-order valence-corrected chi connectivity index (χ2v) is 7.37. The van der Waals surface area contributed by atoms with E-state index in [1.54, 1.807) is 4.31 Å². The Labute approximate surface area is 119 Å². The molecule has 0 amide bonds. The molecule has 2 fully saturated rings. The van der Waals surface area contributed by atoms with Gasteiger partial charge in [0.05, 0.1) is 5.69 Å². The first-order chi connectivity index (χ1) is 9.59. The first-order valence-corrected chi connectivity index (χ1v) is 8.47. The highest BCUT2D eigenvalue weighted by molar-refractivity contribution is 7.89. The van der Waals surface area contributed by atoms with Crippen molar-refractivity contribution in [1.82, 2.24) is 14.2 Å². The molecule has 0 bridgehead atoms. The van der Waals surface area contributed by atoms with Gasteiger partial charge >= 0.3 is 0 Å². The molecule has 2 aliphatic rings. The van der Waals surface area contributed by atoms with Gasteiger partial charge in [0.2, 0.25) is 10.0 Å². The van der Waals surface area contributed by atoms with Crippen molar-refractivity contribution < 1.29 is 8.42 Å². The smallest absolute Gasteiger partial charge is 0.246 e. The molecule has 110 valence electrons. The Balaban J connectivity index is 1.78. The molecular weight excluding hydrogens is 276 g/mol. The average Bonchev–Trinajstić information content (AvgIpc) is 3.10. The van der Waals surface area contributed by atoms with Crippen LogP contribution in [0.1, 0.15) is 19.3 Å². The van der Waals surface area contributed by atoms with Crippen LogP contribution in [0.15, 0.2) is 23.4 Å². The third-order valence-electron chi connectivity index (χ3n) is 4.22. The molecule has 3 heterocycles. The maximum Gasteiger partial charge on any atom is 0.246 e. The molecule has 2 saturated heterocycles. The quantitative estimate of drug-likeness (QED) is 0.880. The van der Waals surface area contributed by atoms with E-state index in [4.69, 9.17) is 5.73 Å². The van der Waals surface area contributed by atoms with Gasteiger partial charge in [0.15, 0.2) is 0 Å². The van der Waals surface area contributed by atoms with Crippen molar-refractivity contribution in [3.05, 3.63) is 18.5 Å². The second kappa shape index (κ2) is 5.31. The summed E-state index contributed by atoms with van der Waals surface area (Å²) in [5.41, 5.74) is 6.04. The summed E-state index contributed by atoms with van der Waals surface area (Å²) >= 11 is 0. The van der Waals surface area contributed by atoms with Crippen molar-refractivity contribution in [3.8, 4) is 0 Å². The van der Waals surface area contributed by atoms with Crippen LogP contribution in [0.25, 0.3) is 0 Å². The van der Waals surface area contributed by atoms with Crippen molar-refractivity contribution >= 4 is 15.7 Å². The first kappa shape index (κ1) is 13.8. The Morgan fingerprint density at radius 3 is 2.70 bits per heavy atom. The lowest BCUT2D eigenvalue weighted by atomic mass is 10.2. The fourth-order valence-corrected chi connectivity index (χ4v) is 4.63. The van der Waals surface area contributed by atoms with Gasteiger partial charge < -0.3 is 5.73 Å². The Morgan fingerprint density at radius 1 is 1.25 bits per heavy atom. The van der Waals surface area contributed by atoms with Gasteiger partial charge in [0.25, 0.3) is 0 Å². The van der Waals surface area contributed by atoms with Gasteiger partial charge in [0, 0.05) is 31.5 Å². The molecule has 0 radical (unpaired) electrons. The molecule has 2 N–H and O–H groups in total. The maximum absolute atomic E-state index is 12.6. The van der Waals surface area contributed by atoms with Gasteiger partial charge in [-0.3, -0.25) is 9.88 Å². The Morgan fingerprint density at radius 2 is 2.00 bits per heavy atom. The van der Waals surface area contributed by atoms with Crippen LogP contribution < -0.4 is 5.73 Å². The average molecular weight is 296 g/mol. The molecule has 0 spiro atoms. The number of pyridine rings is 1. The summed E-state index contributed by atoms with van der Waals surface area (Å²) < 4.78 is 26.8. The van der Waals surface area contributed by atoms with Gasteiger partial charge in [-0.05, 0) is 38.4 Å². The predicted octanol–water partition coefficient (Wildman–Crippen LogP) is 0.523. The van der Waals surface area contributed by atoms with E-state index in [9.17, 15) is 8.42 Å². The zero-order valence-corrected chi connectivity index (χ0v) is 12.2. The van der Waals surface area contributed by atoms with E-state index < -0.39 is 10.0 Å². The van der Waals surface area contributed by atoms with E-state index in [0.717, 1.165) is 19.5 Å². The molecule has 1 unspecified atom stereocenters. The molecule has 7 heteroatoms. The van der Waals surface area contributed by atoms with Crippen LogP contribution in [0, 0.1) is 0 Å². The maximum atomic E-state index is 12.6. The summed E-state index contributed by atoms with van der Waals surface area (Å²) in [5, 5.41) is 0. The van der Waals surface area contributed by atoms with E-state index in [-0.39, 0.29) is 10.6 Å². The van der Waals surface area contributed by atoms with E-state index in [1.807, 2.05) is 0 Å². The summed E-state index contributed by atoms with van der Waals surface area (Å²) in [7, 11) is -3.51. The van der Waals surface area contributed by atoms with Crippen molar-refractivity contribution in [2.24, 2.45) is 0 Å². The molecule has 0 aromatic carbocycles. The van der Waals surface area contributed by atoms with Crippen LogP contribution in [0.4, 0.5) is 5.69 Å². The topological polar surface area (TPSA) is 79.5 Å². The summed E-state index contributed by atoms with van der Waals surface area (Å²) in [6.07, 6.45) is 6.19. The fraction of sp³-hybridized carbons (Fsp3) is 0.615. The van der Waals surface area contributed by atoms with Gasteiger partial charge in [-0.15, -0.1) is 0 Å². The lowest BCUT2D eigenvalue weighted by Crippen LogP contribution is -2.37. The molecule has 0 aliphatic carbocycles. The molecular formula is C13H20N4O2S. The molecule has 2 aliphatic heterocycles. The minimum Gasteiger partial charge on any atom is -0.398 e. The molecule has 20 heavy (non-hydrogen) atoms. The number of anilines is 1. The number of rotatable bonds is 3. The number of nitrogens with zero attached hydrogens (tertiary/aromatic N) is 3. The lowest BCUT2D eigenvalue weighted by Gasteiger charge is -2.23. The second-order valence-electron chi connectivity index (χ2n) is 5.46. The highest BCUT2D eigenvalue weighted by Crippen LogP contribution is 2.27. The summed E-state index contributed by atoms with van der Waals surface area (Å²) in [4.78, 5) is 6.42. The van der Waals surface area contributed by atoms with E-state index >= 15 is 0 Å². The van der Waals surface area contributed by atoms with Crippen LogP contribution >= 0.6 is 0 Å². The summed E-state index contributed by atoms with van der Waals surface area (Å²) in [6.45, 7) is 3.32. The number of aromatic nitrogens is 1. The standard InChI is InChI=1S/C13H20N4O2S/c14-12-3-5-15-9-13(12)20(18,19)17-8-4-11(10-17)16-6-1-2-7-16/h3,5,9,11H,1-2,4,6-8,10H2,(H2,14,15). The normalized spacial score (nSPS) is 25.3. The molecule has 1 aromatic heterocycles. The Bertz CT molecular complexity index is 584. The Kier molecular flexibility index (Phi) is 3.66. The highest BCUT2D eigenvalue weighted by Gasteiger charge is 2.36. The number of sulfonamides is 1. The van der Waals surface area contributed by atoms with Gasteiger partial charge in [-0.1, -0.05) is 0 Å². The van der Waals surface area contributed by atoms with Gasteiger partial charge in [-0.2, -0.15) is 4.31 Å². The van der Waals surface area contributed by atoms with Gasteiger partial charge in [-0.25, -0.2) is 8.42 Å². The number of hydrogen-bond donors (Lipinski definition) is 1. The number of likely N-dealkylation sites (tertiary alicyclic amines) is 1. The largest absolute Gasteiger partial charge is 0.398 e. The number of nitrogen functional groups attached to an aromatic ring is 1. The molecule has 1 atom stereocenters. The lowest BCUT2D eigenvalue weighted by molar-refractivity contribution is 0.251. The minimum atomic E-state index is -3.51. The zero-order chi connectivity index (χ0) is 14.2. The number of nitrogens with two attached hydrogens (primary N) is 1. The van der Waals surface area contributed by atoms with Crippen LogP contribution in [0.3, 0.4) is 0 Å². The summed E-state index contributed by atoms with van der Waals surface area (Å²) in [6, 6.07) is 1.88. The number of hydrogen-bond acceptors (Lipinski definition) is 5.